The third kappa shape index (κ3) is 9.43. The van der Waals surface area contributed by atoms with Gasteiger partial charge in [-0.25, -0.2) is 19.7 Å². The highest BCUT2D eigenvalue weighted by atomic mass is 32.7. The zero-order valence-electron chi connectivity index (χ0n) is 27.2. The molecule has 3 rings (SSSR count). The fourth-order valence-corrected chi connectivity index (χ4v) is 8.21. The molecule has 1 aliphatic rings. The number of methoxy groups -OCH3 is 2. The Morgan fingerprint density at radius 1 is 1.15 bits per heavy atom. The number of nitrogens with zero attached hydrogens (tertiary/aromatic N) is 4. The van der Waals surface area contributed by atoms with Crippen molar-refractivity contribution in [3.63, 3.8) is 0 Å². The summed E-state index contributed by atoms with van der Waals surface area (Å²) in [4.78, 5) is 49.6. The molecule has 0 saturated carbocycles. The van der Waals surface area contributed by atoms with Crippen molar-refractivity contribution in [1.82, 2.24) is 29.9 Å². The van der Waals surface area contributed by atoms with Crippen molar-refractivity contribution < 1.29 is 57.4 Å². The number of esters is 2. The van der Waals surface area contributed by atoms with Gasteiger partial charge >= 0.3 is 24.8 Å². The molecule has 1 fully saturated rings. The number of nitrogens with one attached hydrogen (secondary N) is 2. The van der Waals surface area contributed by atoms with Crippen molar-refractivity contribution in [1.29, 1.82) is 0 Å². The van der Waals surface area contributed by atoms with E-state index < -0.39 is 79.7 Å². The SMILES string of the molecule is COC(=O)NC(CS[P@@](=O)(N[C@H](C)C(=O)OC(C)C)OC[C@H]1O[C@@H](n2cnc3c(OC)nc(N)nc32)[C@](C)(O)[C@@H]1O)C(=O)OC(C)C. The quantitative estimate of drug-likeness (QED) is 0.0978. The van der Waals surface area contributed by atoms with Crippen molar-refractivity contribution in [2.75, 3.05) is 32.3 Å². The van der Waals surface area contributed by atoms with E-state index in [0.717, 1.165) is 7.11 Å². The van der Waals surface area contributed by atoms with Crippen molar-refractivity contribution in [2.24, 2.45) is 0 Å². The number of aromatic nitrogens is 4. The van der Waals surface area contributed by atoms with Gasteiger partial charge in [0.2, 0.25) is 11.8 Å². The summed E-state index contributed by atoms with van der Waals surface area (Å²) in [6.07, 6.45) is -4.80. The lowest BCUT2D eigenvalue weighted by Crippen LogP contribution is -2.45. The van der Waals surface area contributed by atoms with Gasteiger partial charge in [0, 0.05) is 5.75 Å². The largest absolute Gasteiger partial charge is 0.479 e. The average molecular weight is 708 g/mol. The number of ether oxygens (including phenoxy) is 5. The maximum atomic E-state index is 14.2. The third-order valence-corrected chi connectivity index (χ3v) is 10.7. The van der Waals surface area contributed by atoms with Crippen LogP contribution in [0.3, 0.4) is 0 Å². The van der Waals surface area contributed by atoms with Crippen molar-refractivity contribution in [3.05, 3.63) is 6.33 Å². The van der Waals surface area contributed by atoms with Crippen LogP contribution in [0.2, 0.25) is 0 Å². The molecule has 0 spiro atoms. The second kappa shape index (κ2) is 15.8. The molecule has 0 radical (unpaired) electrons. The fraction of sp³-hybridized carbons (Fsp3) is 0.692. The monoisotopic (exact) mass is 707 g/mol. The van der Waals surface area contributed by atoms with Gasteiger partial charge < -0.3 is 49.5 Å². The van der Waals surface area contributed by atoms with Gasteiger partial charge in [0.05, 0.1) is 39.4 Å². The molecular weight excluding hydrogens is 665 g/mol. The van der Waals surface area contributed by atoms with Crippen LogP contribution >= 0.6 is 18.1 Å². The van der Waals surface area contributed by atoms with E-state index in [1.165, 1.54) is 31.9 Å². The molecule has 19 nitrogen and oxygen atoms in total. The number of hydrogen-bond donors (Lipinski definition) is 5. The molecule has 21 heteroatoms. The average Bonchev–Trinajstić information content (AvgIpc) is 3.49. The Bertz CT molecular complexity index is 1480. The van der Waals surface area contributed by atoms with Gasteiger partial charge in [-0.15, -0.1) is 0 Å². The number of amides is 1. The molecule has 1 amide bonds. The van der Waals surface area contributed by atoms with Crippen LogP contribution in [0.5, 0.6) is 5.88 Å². The summed E-state index contributed by atoms with van der Waals surface area (Å²) in [5, 5.41) is 27.4. The number of aliphatic hydroxyl groups excluding tert-OH is 1. The lowest BCUT2D eigenvalue weighted by atomic mass is 9.96. The topological polar surface area (TPSA) is 258 Å². The van der Waals surface area contributed by atoms with E-state index in [0.29, 0.717) is 11.4 Å². The fourth-order valence-electron chi connectivity index (χ4n) is 4.36. The number of alkyl carbamates (subject to hydrolysis) is 1. The minimum atomic E-state index is -4.19. The number of carbonyl (C=O) groups excluding carboxylic acids is 3. The van der Waals surface area contributed by atoms with Crippen molar-refractivity contribution in [3.8, 4) is 5.88 Å². The predicted octanol–water partition coefficient (Wildman–Crippen LogP) is 0.890. The first kappa shape index (κ1) is 38.2. The first-order valence-corrected chi connectivity index (χ1v) is 17.7. The standard InChI is InChI=1S/C26H42N7O12PS/c1-12(2)43-21(35)14(5)32-46(39,47-10-15(29-25(37)41-8)22(36)44-13(3)4)42-9-16-18(34)26(6,38)23(45-16)33-11-28-17-19(33)30-24(27)31-20(17)40-7/h11-16,18,23,34,38H,9-10H2,1-8H3,(H,29,37)(H,32,39)(H2,27,30,31)/t14-,15?,16-,18-,23-,26-,46-/m1/s1. The molecular formula is C26H42N7O12PS. The predicted molar refractivity (Wildman–Crippen MR) is 167 cm³/mol. The van der Waals surface area contributed by atoms with Crippen LogP contribution in [-0.2, 0) is 37.6 Å². The number of imidazole rings is 1. The van der Waals surface area contributed by atoms with Crippen LogP contribution in [0.25, 0.3) is 11.2 Å². The number of nitrogen functional groups attached to an aromatic ring is 1. The van der Waals surface area contributed by atoms with E-state index in [1.807, 2.05) is 0 Å². The Balaban J connectivity index is 1.86. The zero-order valence-corrected chi connectivity index (χ0v) is 28.9. The minimum absolute atomic E-state index is 0.0794. The number of rotatable bonds is 15. The van der Waals surface area contributed by atoms with Crippen molar-refractivity contribution >= 4 is 53.2 Å². The Hall–Kier alpha value is -3.26. The Morgan fingerprint density at radius 3 is 2.38 bits per heavy atom. The molecule has 0 bridgehead atoms. The molecule has 0 aliphatic carbocycles. The van der Waals surface area contributed by atoms with Gasteiger partial charge in [-0.3, -0.25) is 13.9 Å². The highest BCUT2D eigenvalue weighted by Gasteiger charge is 2.54. The van der Waals surface area contributed by atoms with E-state index in [-0.39, 0.29) is 28.7 Å². The van der Waals surface area contributed by atoms with Crippen LogP contribution in [-0.4, -0.2) is 116 Å². The number of hydrogen-bond acceptors (Lipinski definition) is 17. The highest BCUT2D eigenvalue weighted by molar-refractivity contribution is 8.56. The lowest BCUT2D eigenvalue weighted by molar-refractivity contribution is -0.150. The summed E-state index contributed by atoms with van der Waals surface area (Å²) in [7, 11) is 2.47. The van der Waals surface area contributed by atoms with E-state index in [2.05, 4.69) is 30.1 Å². The van der Waals surface area contributed by atoms with Crippen LogP contribution in [0.4, 0.5) is 10.7 Å². The summed E-state index contributed by atoms with van der Waals surface area (Å²) in [6.45, 7) is 4.44. The summed E-state index contributed by atoms with van der Waals surface area (Å²) in [5.74, 6) is -1.98. The highest BCUT2D eigenvalue weighted by Crippen LogP contribution is 2.57. The number of nitrogens with two attached hydrogens (primary N) is 1. The summed E-state index contributed by atoms with van der Waals surface area (Å²) < 4.78 is 47.5. The number of aliphatic hydroxyl groups is 2. The van der Waals surface area contributed by atoms with Crippen molar-refractivity contribution in [2.45, 2.75) is 89.9 Å². The Kier molecular flexibility index (Phi) is 12.8. The first-order valence-electron chi connectivity index (χ1n) is 14.4. The van der Waals surface area contributed by atoms with Gasteiger partial charge in [0.25, 0.3) is 0 Å². The molecule has 3 heterocycles. The minimum Gasteiger partial charge on any atom is -0.479 e. The van der Waals surface area contributed by atoms with Crippen LogP contribution in [0.1, 0.15) is 47.8 Å². The number of carbonyl (C=O) groups is 3. The molecule has 47 heavy (non-hydrogen) atoms. The van der Waals surface area contributed by atoms with Gasteiger partial charge in [0.15, 0.2) is 17.4 Å². The van der Waals surface area contributed by atoms with Gasteiger partial charge in [-0.05, 0) is 41.5 Å². The van der Waals surface area contributed by atoms with E-state index >= 15 is 0 Å². The Morgan fingerprint density at radius 2 is 1.79 bits per heavy atom. The maximum Gasteiger partial charge on any atom is 0.407 e. The van der Waals surface area contributed by atoms with Gasteiger partial charge in [-0.1, -0.05) is 11.4 Å². The van der Waals surface area contributed by atoms with Crippen LogP contribution in [0.15, 0.2) is 6.33 Å². The van der Waals surface area contributed by atoms with E-state index in [9.17, 15) is 29.2 Å². The summed E-state index contributed by atoms with van der Waals surface area (Å²) in [5.41, 5.74) is 4.22. The summed E-state index contributed by atoms with van der Waals surface area (Å²) >= 11 is 0.579. The first-order chi connectivity index (χ1) is 21.9. The lowest BCUT2D eigenvalue weighted by Gasteiger charge is -2.27. The zero-order chi connectivity index (χ0) is 35.3. The molecule has 1 unspecified atom stereocenters. The van der Waals surface area contributed by atoms with E-state index in [1.54, 1.807) is 27.7 Å². The van der Waals surface area contributed by atoms with E-state index in [4.69, 9.17) is 29.2 Å². The third-order valence-electron chi connectivity index (χ3n) is 6.60. The number of anilines is 1. The normalized spacial score (nSPS) is 23.7. The van der Waals surface area contributed by atoms with Crippen LogP contribution in [0, 0.1) is 0 Å². The number of fused-ring (bicyclic) bond motifs is 1. The maximum absolute atomic E-state index is 14.2. The molecule has 0 aromatic carbocycles. The smallest absolute Gasteiger partial charge is 0.407 e. The van der Waals surface area contributed by atoms with Gasteiger partial charge in [-0.2, -0.15) is 9.97 Å². The molecule has 2 aromatic rings. The molecule has 6 N–H and O–H groups in total. The molecule has 264 valence electrons. The molecule has 7 atom stereocenters. The second-order valence-corrected chi connectivity index (χ2v) is 15.5. The summed E-state index contributed by atoms with van der Waals surface area (Å²) in [6, 6.07) is -2.49. The Labute approximate surface area is 274 Å². The molecule has 2 aromatic heterocycles. The second-order valence-electron chi connectivity index (χ2n) is 11.2. The molecule has 1 aliphatic heterocycles. The molecule has 1 saturated heterocycles. The van der Waals surface area contributed by atoms with Crippen LogP contribution < -0.4 is 20.9 Å². The van der Waals surface area contributed by atoms with Gasteiger partial charge in [0.1, 0.15) is 29.9 Å².